The van der Waals surface area contributed by atoms with Crippen LogP contribution in [0, 0.1) is 5.92 Å². The highest BCUT2D eigenvalue weighted by Crippen LogP contribution is 2.35. The number of guanidine groups is 2. The van der Waals surface area contributed by atoms with Gasteiger partial charge in [0.1, 0.15) is 30.2 Å². The second kappa shape index (κ2) is 22.2. The molecule has 0 saturated heterocycles. The number of carbonyl (C=O) groups excluding carboxylic acids is 5. The topological polar surface area (TPSA) is 404 Å². The molecule has 0 rings (SSSR count). The Morgan fingerprint density at radius 2 is 1.16 bits per heavy atom. The first-order chi connectivity index (χ1) is 23.0. The quantitative estimate of drug-likeness (QED) is 0.0201. The zero-order chi connectivity index (χ0) is 38.8. The minimum Gasteiger partial charge on any atom is -0.480 e. The van der Waals surface area contributed by atoms with Crippen LogP contribution < -0.4 is 55.3 Å². The molecule has 18 N–H and O–H groups in total. The van der Waals surface area contributed by atoms with E-state index < -0.39 is 92.1 Å². The Morgan fingerprint density at radius 3 is 1.64 bits per heavy atom. The van der Waals surface area contributed by atoms with Crippen molar-refractivity contribution in [3.63, 3.8) is 0 Å². The number of hydrogen-bond acceptors (Lipinski definition) is 11. The number of nitrogens with two attached hydrogens (primary N) is 5. The summed E-state index contributed by atoms with van der Waals surface area (Å²) in [6, 6.07) is -8.14. The molecule has 0 spiro atoms. The first-order valence-corrected chi connectivity index (χ1v) is 16.9. The lowest BCUT2D eigenvalue weighted by Crippen LogP contribution is -2.60. The molecule has 24 heteroatoms. The van der Waals surface area contributed by atoms with Crippen LogP contribution in [0.2, 0.25) is 0 Å². The zero-order valence-electron chi connectivity index (χ0n) is 28.3. The summed E-state index contributed by atoms with van der Waals surface area (Å²) in [6.07, 6.45) is 0.746. The molecule has 0 aromatic heterocycles. The van der Waals surface area contributed by atoms with Crippen molar-refractivity contribution >= 4 is 55.2 Å². The number of aliphatic carboxylic acids is 1. The Bertz CT molecular complexity index is 1290. The summed E-state index contributed by atoms with van der Waals surface area (Å²) in [4.78, 5) is 102. The number of phosphoric ester groups is 1. The van der Waals surface area contributed by atoms with Gasteiger partial charge >= 0.3 is 13.8 Å². The van der Waals surface area contributed by atoms with Crippen LogP contribution in [-0.2, 0) is 37.9 Å². The standard InChI is InChI=1S/C26H51N12O11P/c1-12(2)18(23(43)35-14(4)24(44)45)38-22(42)17(11-49-50(46,47)48)37-19(39)13(3)34-21(41)16(8-6-10-33-26(30)31)36-20(40)15(27)7-5-9-32-25(28)29/h12-18H,5-11,27H2,1-4H3,(H,34,41)(H,35,43)(H,36,40)(H,37,39)(H,38,42)(H,44,45)(H4,28,29,32)(H4,30,31,33)(H2,46,47,48)/t13-,14-,15-,16-,17-,18-/m0/s1. The van der Waals surface area contributed by atoms with E-state index in [1.807, 2.05) is 0 Å². The number of carboxylic acid groups (broad SMARTS) is 1. The number of phosphoric acid groups is 1. The Balaban J connectivity index is 5.85. The third-order valence-electron chi connectivity index (χ3n) is 6.65. The van der Waals surface area contributed by atoms with E-state index in [1.165, 1.54) is 27.7 Å². The van der Waals surface area contributed by atoms with E-state index in [-0.39, 0.29) is 44.3 Å². The normalized spacial score (nSPS) is 14.8. The molecular formula is C26H51N12O11P. The molecule has 0 aromatic carbocycles. The summed E-state index contributed by atoms with van der Waals surface area (Å²) >= 11 is 0. The minimum absolute atomic E-state index is 0.00369. The first kappa shape index (κ1) is 45.4. The fourth-order valence-electron chi connectivity index (χ4n) is 3.89. The molecule has 0 fully saturated rings. The van der Waals surface area contributed by atoms with Crippen LogP contribution in [0.1, 0.15) is 53.4 Å². The molecule has 0 saturated carbocycles. The first-order valence-electron chi connectivity index (χ1n) is 15.4. The molecule has 0 heterocycles. The molecule has 0 radical (unpaired) electrons. The molecule has 50 heavy (non-hydrogen) atoms. The lowest BCUT2D eigenvalue weighted by atomic mass is 10.0. The average molecular weight is 739 g/mol. The fourth-order valence-corrected chi connectivity index (χ4v) is 4.23. The van der Waals surface area contributed by atoms with Crippen LogP contribution >= 0.6 is 7.82 Å². The molecule has 6 atom stereocenters. The molecular weight excluding hydrogens is 687 g/mol. The molecule has 23 nitrogen and oxygen atoms in total. The van der Waals surface area contributed by atoms with E-state index in [1.54, 1.807) is 0 Å². The van der Waals surface area contributed by atoms with Gasteiger partial charge in [0.15, 0.2) is 11.9 Å². The van der Waals surface area contributed by atoms with Crippen LogP contribution in [0.5, 0.6) is 0 Å². The van der Waals surface area contributed by atoms with Crippen LogP contribution in [0.15, 0.2) is 9.98 Å². The van der Waals surface area contributed by atoms with Crippen molar-refractivity contribution in [2.24, 2.45) is 44.6 Å². The lowest BCUT2D eigenvalue weighted by Gasteiger charge is -2.27. The van der Waals surface area contributed by atoms with Crippen molar-refractivity contribution in [1.29, 1.82) is 0 Å². The van der Waals surface area contributed by atoms with Crippen LogP contribution in [0.4, 0.5) is 0 Å². The van der Waals surface area contributed by atoms with E-state index in [4.69, 9.17) is 33.8 Å². The molecule has 0 aliphatic carbocycles. The lowest BCUT2D eigenvalue weighted by molar-refractivity contribution is -0.142. The minimum atomic E-state index is -5.16. The maximum absolute atomic E-state index is 13.2. The zero-order valence-corrected chi connectivity index (χ0v) is 29.2. The predicted molar refractivity (Wildman–Crippen MR) is 179 cm³/mol. The number of hydrogen-bond donors (Lipinski definition) is 13. The summed E-state index contributed by atoms with van der Waals surface area (Å²) in [5, 5.41) is 20.7. The molecule has 0 unspecified atom stereocenters. The largest absolute Gasteiger partial charge is 0.480 e. The van der Waals surface area contributed by atoms with Crippen molar-refractivity contribution < 1.29 is 52.7 Å². The summed E-state index contributed by atoms with van der Waals surface area (Å²) in [5.41, 5.74) is 27.2. The summed E-state index contributed by atoms with van der Waals surface area (Å²) in [7, 11) is -5.16. The van der Waals surface area contributed by atoms with Gasteiger partial charge in [0, 0.05) is 13.1 Å². The molecule has 0 bridgehead atoms. The SMILES string of the molecule is CC(C)[C@H](NC(=O)[C@H](COP(=O)(O)O)NC(=O)[C@H](C)NC(=O)[C@H](CCCN=C(N)N)NC(=O)[C@@H](N)CCCN=C(N)N)C(=O)N[C@@H](C)C(=O)O. The monoisotopic (exact) mass is 738 g/mol. The van der Waals surface area contributed by atoms with Gasteiger partial charge in [-0.2, -0.15) is 0 Å². The highest BCUT2D eigenvalue weighted by atomic mass is 31.2. The third-order valence-corrected chi connectivity index (χ3v) is 7.14. The van der Waals surface area contributed by atoms with Crippen molar-refractivity contribution in [2.75, 3.05) is 19.7 Å². The number of amides is 5. The van der Waals surface area contributed by atoms with Crippen molar-refractivity contribution in [2.45, 2.75) is 89.6 Å². The van der Waals surface area contributed by atoms with Gasteiger partial charge in [-0.3, -0.25) is 43.3 Å². The van der Waals surface area contributed by atoms with Crippen molar-refractivity contribution in [1.82, 2.24) is 26.6 Å². The van der Waals surface area contributed by atoms with E-state index in [9.17, 15) is 43.1 Å². The van der Waals surface area contributed by atoms with Gasteiger partial charge in [-0.1, -0.05) is 13.8 Å². The molecule has 0 aliphatic rings. The smallest absolute Gasteiger partial charge is 0.469 e. The second-order valence-electron chi connectivity index (χ2n) is 11.4. The second-order valence-corrected chi connectivity index (χ2v) is 12.7. The van der Waals surface area contributed by atoms with Gasteiger partial charge in [-0.05, 0) is 45.4 Å². The van der Waals surface area contributed by atoms with Gasteiger partial charge in [0.2, 0.25) is 29.5 Å². The van der Waals surface area contributed by atoms with E-state index in [0.717, 1.165) is 0 Å². The number of carbonyl (C=O) groups is 6. The number of nitrogens with zero attached hydrogens (tertiary/aromatic N) is 2. The molecule has 0 aliphatic heterocycles. The van der Waals surface area contributed by atoms with Gasteiger partial charge in [0.25, 0.3) is 0 Å². The summed E-state index contributed by atoms with van der Waals surface area (Å²) in [5.74, 6) is -6.85. The predicted octanol–water partition coefficient (Wildman–Crippen LogP) is -5.27. The Labute approximate surface area is 288 Å². The van der Waals surface area contributed by atoms with Gasteiger partial charge in [0.05, 0.1) is 12.6 Å². The van der Waals surface area contributed by atoms with Gasteiger partial charge < -0.3 is 70.1 Å². The number of carboxylic acids is 1. The summed E-state index contributed by atoms with van der Waals surface area (Å²) < 4.78 is 15.8. The van der Waals surface area contributed by atoms with Crippen LogP contribution in [-0.4, -0.2) is 118 Å². The van der Waals surface area contributed by atoms with Crippen LogP contribution in [0.25, 0.3) is 0 Å². The van der Waals surface area contributed by atoms with Crippen LogP contribution in [0.3, 0.4) is 0 Å². The van der Waals surface area contributed by atoms with E-state index >= 15 is 0 Å². The number of rotatable bonds is 23. The van der Waals surface area contributed by atoms with Crippen molar-refractivity contribution in [3.8, 4) is 0 Å². The Morgan fingerprint density at radius 1 is 0.680 bits per heavy atom. The summed E-state index contributed by atoms with van der Waals surface area (Å²) in [6.45, 7) is 4.72. The average Bonchev–Trinajstić information content (AvgIpc) is 2.99. The fraction of sp³-hybridized carbons (Fsp3) is 0.692. The highest BCUT2D eigenvalue weighted by molar-refractivity contribution is 7.46. The number of aliphatic imine (C=N–C) groups is 2. The van der Waals surface area contributed by atoms with E-state index in [2.05, 4.69) is 41.1 Å². The maximum atomic E-state index is 13.2. The van der Waals surface area contributed by atoms with Gasteiger partial charge in [-0.25, -0.2) is 4.57 Å². The van der Waals surface area contributed by atoms with E-state index in [0.29, 0.717) is 6.42 Å². The molecule has 0 aromatic rings. The van der Waals surface area contributed by atoms with Gasteiger partial charge in [-0.15, -0.1) is 0 Å². The maximum Gasteiger partial charge on any atom is 0.469 e. The molecule has 5 amide bonds. The Kier molecular flexibility index (Phi) is 20.2. The highest BCUT2D eigenvalue weighted by Gasteiger charge is 2.33. The Hall–Kier alpha value is -4.57. The van der Waals surface area contributed by atoms with Crippen molar-refractivity contribution in [3.05, 3.63) is 0 Å². The molecule has 286 valence electrons. The third kappa shape index (κ3) is 19.4. The number of nitrogens with one attached hydrogen (secondary N) is 5.